The molecule has 0 radical (unpaired) electrons. The standard InChI is InChI=1S/C15H25N3O/c1-4-8-18-9-7-17-14(18)10-13(19)15(12(2)3)5-6-16-11-15/h7,9,12,16H,4-6,8,10-11H2,1-3H3. The van der Waals surface area contributed by atoms with E-state index in [-0.39, 0.29) is 5.41 Å². The van der Waals surface area contributed by atoms with Crippen molar-refractivity contribution in [1.82, 2.24) is 14.9 Å². The Labute approximate surface area is 115 Å². The van der Waals surface area contributed by atoms with Crippen molar-refractivity contribution in [1.29, 1.82) is 0 Å². The molecule has 19 heavy (non-hydrogen) atoms. The number of carbonyl (C=O) groups excluding carboxylic acids is 1. The number of rotatable bonds is 6. The van der Waals surface area contributed by atoms with Gasteiger partial charge < -0.3 is 9.88 Å². The highest BCUT2D eigenvalue weighted by Crippen LogP contribution is 2.36. The third-order valence-electron chi connectivity index (χ3n) is 4.43. The van der Waals surface area contributed by atoms with E-state index in [1.54, 1.807) is 6.20 Å². The summed E-state index contributed by atoms with van der Waals surface area (Å²) in [6.07, 6.45) is 6.26. The molecule has 0 bridgehead atoms. The summed E-state index contributed by atoms with van der Waals surface area (Å²) in [6.45, 7) is 9.16. The van der Waals surface area contributed by atoms with E-state index in [1.165, 1.54) is 0 Å². The molecule has 4 heteroatoms. The molecule has 2 rings (SSSR count). The summed E-state index contributed by atoms with van der Waals surface area (Å²) in [4.78, 5) is 17.1. The number of Topliss-reactive ketones (excluding diaryl/α,β-unsaturated/α-hetero) is 1. The Bertz CT molecular complexity index is 430. The van der Waals surface area contributed by atoms with Crippen LogP contribution in [0.25, 0.3) is 0 Å². The predicted molar refractivity (Wildman–Crippen MR) is 76.0 cm³/mol. The summed E-state index contributed by atoms with van der Waals surface area (Å²) in [5, 5.41) is 3.35. The average molecular weight is 263 g/mol. The van der Waals surface area contributed by atoms with Crippen LogP contribution in [0.1, 0.15) is 39.4 Å². The molecular weight excluding hydrogens is 238 g/mol. The maximum atomic E-state index is 12.7. The molecule has 4 nitrogen and oxygen atoms in total. The van der Waals surface area contributed by atoms with Gasteiger partial charge in [0.2, 0.25) is 0 Å². The molecule has 1 N–H and O–H groups in total. The minimum Gasteiger partial charge on any atom is -0.335 e. The van der Waals surface area contributed by atoms with Crippen LogP contribution in [-0.2, 0) is 17.8 Å². The van der Waals surface area contributed by atoms with Gasteiger partial charge in [-0.25, -0.2) is 4.98 Å². The summed E-state index contributed by atoms with van der Waals surface area (Å²) in [7, 11) is 0. The molecule has 1 aliphatic heterocycles. The number of nitrogens with one attached hydrogen (secondary N) is 1. The lowest BCUT2D eigenvalue weighted by Gasteiger charge is -2.31. The lowest BCUT2D eigenvalue weighted by Crippen LogP contribution is -2.40. The zero-order valence-corrected chi connectivity index (χ0v) is 12.3. The van der Waals surface area contributed by atoms with E-state index in [4.69, 9.17) is 0 Å². The molecule has 1 saturated heterocycles. The number of aromatic nitrogens is 2. The van der Waals surface area contributed by atoms with E-state index in [1.807, 2.05) is 6.20 Å². The van der Waals surface area contributed by atoms with E-state index >= 15 is 0 Å². The summed E-state index contributed by atoms with van der Waals surface area (Å²) in [6, 6.07) is 0. The van der Waals surface area contributed by atoms with E-state index in [9.17, 15) is 4.79 Å². The molecule has 1 atom stereocenters. The number of nitrogens with zero attached hydrogens (tertiary/aromatic N) is 2. The van der Waals surface area contributed by atoms with Gasteiger partial charge in [0.1, 0.15) is 11.6 Å². The molecule has 1 aliphatic rings. The lowest BCUT2D eigenvalue weighted by molar-refractivity contribution is -0.129. The summed E-state index contributed by atoms with van der Waals surface area (Å²) in [5.41, 5.74) is -0.191. The van der Waals surface area contributed by atoms with Crippen molar-refractivity contribution in [3.63, 3.8) is 0 Å². The molecule has 0 spiro atoms. The van der Waals surface area contributed by atoms with Gasteiger partial charge in [-0.15, -0.1) is 0 Å². The fourth-order valence-corrected chi connectivity index (χ4v) is 3.04. The number of carbonyl (C=O) groups is 1. The first kappa shape index (κ1) is 14.3. The third kappa shape index (κ3) is 2.73. The van der Waals surface area contributed by atoms with Gasteiger partial charge in [0.15, 0.2) is 0 Å². The monoisotopic (exact) mass is 263 g/mol. The van der Waals surface area contributed by atoms with Crippen molar-refractivity contribution in [2.75, 3.05) is 13.1 Å². The van der Waals surface area contributed by atoms with Crippen molar-refractivity contribution in [2.24, 2.45) is 11.3 Å². The van der Waals surface area contributed by atoms with Crippen molar-refractivity contribution < 1.29 is 4.79 Å². The van der Waals surface area contributed by atoms with E-state index in [0.717, 1.165) is 38.3 Å². The van der Waals surface area contributed by atoms with Gasteiger partial charge in [-0.1, -0.05) is 20.8 Å². The predicted octanol–water partition coefficient (Wildman–Crippen LogP) is 2.04. The van der Waals surface area contributed by atoms with Crippen molar-refractivity contribution in [3.05, 3.63) is 18.2 Å². The Morgan fingerprint density at radius 1 is 1.58 bits per heavy atom. The molecule has 0 saturated carbocycles. The quantitative estimate of drug-likeness (QED) is 0.854. The third-order valence-corrected chi connectivity index (χ3v) is 4.43. The smallest absolute Gasteiger partial charge is 0.148 e. The topological polar surface area (TPSA) is 46.9 Å². The molecule has 0 aromatic carbocycles. The summed E-state index contributed by atoms with van der Waals surface area (Å²) < 4.78 is 2.11. The van der Waals surface area contributed by atoms with Crippen LogP contribution in [0.5, 0.6) is 0 Å². The van der Waals surface area contributed by atoms with Gasteiger partial charge in [-0.05, 0) is 25.3 Å². The van der Waals surface area contributed by atoms with E-state index in [2.05, 4.69) is 35.6 Å². The maximum absolute atomic E-state index is 12.7. The van der Waals surface area contributed by atoms with Crippen LogP contribution in [0.2, 0.25) is 0 Å². The average Bonchev–Trinajstić information content (AvgIpc) is 3.00. The highest BCUT2D eigenvalue weighted by molar-refractivity contribution is 5.87. The van der Waals surface area contributed by atoms with Crippen LogP contribution in [0.4, 0.5) is 0 Å². The molecule has 2 heterocycles. The first-order valence-electron chi connectivity index (χ1n) is 7.34. The molecule has 1 aromatic heterocycles. The van der Waals surface area contributed by atoms with Crippen LogP contribution in [0.15, 0.2) is 12.4 Å². The Morgan fingerprint density at radius 3 is 2.95 bits per heavy atom. The molecule has 106 valence electrons. The Hall–Kier alpha value is -1.16. The first-order valence-corrected chi connectivity index (χ1v) is 7.34. The van der Waals surface area contributed by atoms with E-state index in [0.29, 0.717) is 18.1 Å². The van der Waals surface area contributed by atoms with E-state index < -0.39 is 0 Å². The molecule has 0 amide bonds. The Balaban J connectivity index is 2.13. The Kier molecular flexibility index (Phi) is 4.40. The van der Waals surface area contributed by atoms with Crippen LogP contribution < -0.4 is 5.32 Å². The number of hydrogen-bond donors (Lipinski definition) is 1. The van der Waals surface area contributed by atoms with Crippen molar-refractivity contribution >= 4 is 5.78 Å². The molecule has 1 fully saturated rings. The van der Waals surface area contributed by atoms with Crippen LogP contribution in [-0.4, -0.2) is 28.4 Å². The second-order valence-electron chi connectivity index (χ2n) is 5.87. The number of aryl methyl sites for hydroxylation is 1. The minimum absolute atomic E-state index is 0.191. The number of hydrogen-bond acceptors (Lipinski definition) is 3. The first-order chi connectivity index (χ1) is 9.10. The van der Waals surface area contributed by atoms with Crippen molar-refractivity contribution in [3.8, 4) is 0 Å². The van der Waals surface area contributed by atoms with Crippen LogP contribution >= 0.6 is 0 Å². The fourth-order valence-electron chi connectivity index (χ4n) is 3.04. The highest BCUT2D eigenvalue weighted by Gasteiger charge is 2.43. The van der Waals surface area contributed by atoms with Crippen molar-refractivity contribution in [2.45, 2.75) is 46.6 Å². The van der Waals surface area contributed by atoms with Gasteiger partial charge in [-0.2, -0.15) is 0 Å². The summed E-state index contributed by atoms with van der Waals surface area (Å²) >= 11 is 0. The zero-order chi connectivity index (χ0) is 13.9. The second-order valence-corrected chi connectivity index (χ2v) is 5.87. The zero-order valence-electron chi connectivity index (χ0n) is 12.3. The van der Waals surface area contributed by atoms with Gasteiger partial charge in [0.25, 0.3) is 0 Å². The Morgan fingerprint density at radius 2 is 2.37 bits per heavy atom. The van der Waals surface area contributed by atoms with Gasteiger partial charge >= 0.3 is 0 Å². The molecule has 1 aromatic rings. The van der Waals surface area contributed by atoms with Gasteiger partial charge in [0, 0.05) is 30.9 Å². The molecular formula is C15H25N3O. The van der Waals surface area contributed by atoms with Crippen LogP contribution in [0.3, 0.4) is 0 Å². The summed E-state index contributed by atoms with van der Waals surface area (Å²) in [5.74, 6) is 1.64. The lowest BCUT2D eigenvalue weighted by atomic mass is 9.72. The SMILES string of the molecule is CCCn1ccnc1CC(=O)C1(C(C)C)CCNC1. The highest BCUT2D eigenvalue weighted by atomic mass is 16.1. The normalized spacial score (nSPS) is 23.2. The number of imidazole rings is 1. The number of ketones is 1. The fraction of sp³-hybridized carbons (Fsp3) is 0.733. The molecule has 0 aliphatic carbocycles. The second kappa shape index (κ2) is 5.87. The largest absolute Gasteiger partial charge is 0.335 e. The molecule has 1 unspecified atom stereocenters. The van der Waals surface area contributed by atoms with Crippen LogP contribution in [0, 0.1) is 11.3 Å². The van der Waals surface area contributed by atoms with Gasteiger partial charge in [-0.3, -0.25) is 4.79 Å². The minimum atomic E-state index is -0.191. The van der Waals surface area contributed by atoms with Gasteiger partial charge in [0.05, 0.1) is 6.42 Å². The maximum Gasteiger partial charge on any atom is 0.148 e.